The molecule has 11 heteroatoms. The molecule has 2 heterocycles. The number of nitrogens with zero attached hydrogens (tertiary/aromatic N) is 3. The molecule has 9 nitrogen and oxygen atoms in total. The number of carbonyl (C=O) groups is 1. The van der Waals surface area contributed by atoms with E-state index in [1.807, 2.05) is 37.3 Å². The van der Waals surface area contributed by atoms with E-state index in [9.17, 15) is 20.1 Å². The molecule has 0 saturated carbocycles. The molecule has 0 radical (unpaired) electrons. The van der Waals surface area contributed by atoms with Gasteiger partial charge < -0.3 is 26.0 Å². The summed E-state index contributed by atoms with van der Waals surface area (Å²) in [4.78, 5) is 24.9. The summed E-state index contributed by atoms with van der Waals surface area (Å²) in [5, 5.41) is 35.3. The number of nitrogens with one attached hydrogen (secondary N) is 2. The number of benzene rings is 1. The van der Waals surface area contributed by atoms with Crippen molar-refractivity contribution in [2.75, 3.05) is 23.8 Å². The molecule has 1 unspecified atom stereocenters. The van der Waals surface area contributed by atoms with Gasteiger partial charge in [-0.2, -0.15) is 4.98 Å². The molecule has 1 aromatic carbocycles. The summed E-state index contributed by atoms with van der Waals surface area (Å²) in [5.41, 5.74) is 1.53. The maximum Gasteiger partial charge on any atom is 0.328 e. The van der Waals surface area contributed by atoms with Crippen LogP contribution in [0.5, 0.6) is 0 Å². The van der Waals surface area contributed by atoms with Crippen LogP contribution in [-0.4, -0.2) is 61.5 Å². The maximum absolute atomic E-state index is 11.4. The third-order valence-electron chi connectivity index (χ3n) is 4.42. The highest BCUT2D eigenvalue weighted by Crippen LogP contribution is 2.33. The van der Waals surface area contributed by atoms with E-state index in [2.05, 4.69) is 25.6 Å². The van der Waals surface area contributed by atoms with Crippen LogP contribution < -0.4 is 10.6 Å². The summed E-state index contributed by atoms with van der Waals surface area (Å²) in [6.45, 7) is 1.43. The average Bonchev–Trinajstić information content (AvgIpc) is 3.18. The Labute approximate surface area is 188 Å². The van der Waals surface area contributed by atoms with Gasteiger partial charge >= 0.3 is 5.97 Å². The minimum atomic E-state index is -1.20. The first-order valence-corrected chi connectivity index (χ1v) is 11.7. The van der Waals surface area contributed by atoms with Gasteiger partial charge in [0.25, 0.3) is 0 Å². The number of carboxylic acid groups (broad SMARTS) is 1. The van der Waals surface area contributed by atoms with Crippen LogP contribution >= 0.6 is 23.1 Å². The van der Waals surface area contributed by atoms with Gasteiger partial charge in [-0.15, -0.1) is 0 Å². The number of rotatable bonds is 12. The van der Waals surface area contributed by atoms with E-state index in [1.54, 1.807) is 0 Å². The van der Waals surface area contributed by atoms with Crippen molar-refractivity contribution in [3.8, 4) is 0 Å². The standard InChI is InChI=1S/C20H25N5O4S2/c1-2-6-13(9-26)21-20-25-17-15(31-20)16(22-14(10-27)18(28)29)23-19(24-17)30-11-12-7-4-3-5-8-12/h3-5,7-8,13-14,26-27H,2,6,9-11H2,1H3,(H,28,29)(H2,21,22,23,24,25)/t13?,14-/m0/s1. The number of hydrogen-bond donors (Lipinski definition) is 5. The smallest absolute Gasteiger partial charge is 0.328 e. The van der Waals surface area contributed by atoms with Crippen molar-refractivity contribution < 1.29 is 20.1 Å². The van der Waals surface area contributed by atoms with Crippen molar-refractivity contribution in [2.24, 2.45) is 0 Å². The quantitative estimate of drug-likeness (QED) is 0.201. The molecular formula is C20H25N5O4S2. The van der Waals surface area contributed by atoms with Crippen molar-refractivity contribution in [3.05, 3.63) is 35.9 Å². The summed E-state index contributed by atoms with van der Waals surface area (Å²) in [6, 6.07) is 8.53. The van der Waals surface area contributed by atoms with Gasteiger partial charge in [0.1, 0.15) is 10.7 Å². The number of hydrogen-bond acceptors (Lipinski definition) is 10. The molecule has 0 aliphatic rings. The van der Waals surface area contributed by atoms with Crippen molar-refractivity contribution in [1.29, 1.82) is 0 Å². The zero-order valence-electron chi connectivity index (χ0n) is 17.0. The largest absolute Gasteiger partial charge is 0.480 e. The molecule has 166 valence electrons. The van der Waals surface area contributed by atoms with Crippen LogP contribution in [0, 0.1) is 0 Å². The zero-order valence-corrected chi connectivity index (χ0v) is 18.6. The zero-order chi connectivity index (χ0) is 22.2. The van der Waals surface area contributed by atoms with Gasteiger partial charge in [0.2, 0.25) is 0 Å². The number of aliphatic hydroxyl groups is 2. The normalized spacial score (nSPS) is 13.1. The van der Waals surface area contributed by atoms with Crippen molar-refractivity contribution in [2.45, 2.75) is 42.8 Å². The first-order chi connectivity index (χ1) is 15.0. The first kappa shape index (κ1) is 23.2. The third kappa shape index (κ3) is 6.26. The minimum Gasteiger partial charge on any atom is -0.480 e. The van der Waals surface area contributed by atoms with Gasteiger partial charge in [0.05, 0.1) is 19.3 Å². The van der Waals surface area contributed by atoms with Crippen LogP contribution in [0.25, 0.3) is 10.3 Å². The second-order valence-corrected chi connectivity index (χ2v) is 8.77. The minimum absolute atomic E-state index is 0.0235. The third-order valence-corrected chi connectivity index (χ3v) is 6.32. The SMILES string of the molecule is CCCC(CO)Nc1nc2nc(SCc3ccccc3)nc(N[C@@H](CO)C(=O)O)c2s1. The molecule has 0 spiro atoms. The van der Waals surface area contributed by atoms with Gasteiger partial charge in [0, 0.05) is 5.75 Å². The predicted octanol–water partition coefficient (Wildman–Crippen LogP) is 2.81. The molecule has 0 aliphatic heterocycles. The Morgan fingerprint density at radius 2 is 1.90 bits per heavy atom. The van der Waals surface area contributed by atoms with Gasteiger partial charge in [0.15, 0.2) is 21.8 Å². The Kier molecular flexibility index (Phi) is 8.41. The summed E-state index contributed by atoms with van der Waals surface area (Å²) in [5.74, 6) is -0.227. The van der Waals surface area contributed by atoms with Crippen LogP contribution in [0.1, 0.15) is 25.3 Å². The summed E-state index contributed by atoms with van der Waals surface area (Å²) in [6.07, 6.45) is 1.69. The lowest BCUT2D eigenvalue weighted by molar-refractivity contribution is -0.138. The predicted molar refractivity (Wildman–Crippen MR) is 123 cm³/mol. The molecule has 0 bridgehead atoms. The van der Waals surface area contributed by atoms with Crippen LogP contribution in [0.2, 0.25) is 0 Å². The molecular weight excluding hydrogens is 438 g/mol. The Bertz CT molecular complexity index is 1000. The van der Waals surface area contributed by atoms with Gasteiger partial charge in [-0.3, -0.25) is 0 Å². The number of anilines is 2. The second-order valence-electron chi connectivity index (χ2n) is 6.83. The molecule has 0 aliphatic carbocycles. The van der Waals surface area contributed by atoms with E-state index in [0.29, 0.717) is 32.2 Å². The molecule has 2 atom stereocenters. The molecule has 31 heavy (non-hydrogen) atoms. The van der Waals surface area contributed by atoms with Crippen molar-refractivity contribution >= 4 is 50.4 Å². The van der Waals surface area contributed by atoms with Gasteiger partial charge in [-0.1, -0.05) is 66.8 Å². The molecule has 0 amide bonds. The van der Waals surface area contributed by atoms with Crippen LogP contribution in [0.3, 0.4) is 0 Å². The van der Waals surface area contributed by atoms with Crippen LogP contribution in [-0.2, 0) is 10.5 Å². The Morgan fingerprint density at radius 1 is 1.13 bits per heavy atom. The lowest BCUT2D eigenvalue weighted by Gasteiger charge is -2.13. The summed E-state index contributed by atoms with van der Waals surface area (Å²) in [7, 11) is 0. The monoisotopic (exact) mass is 463 g/mol. The fraction of sp³-hybridized carbons (Fsp3) is 0.400. The molecule has 3 rings (SSSR count). The Balaban J connectivity index is 1.92. The average molecular weight is 464 g/mol. The van der Waals surface area contributed by atoms with E-state index in [4.69, 9.17) is 0 Å². The molecule has 0 saturated heterocycles. The number of aliphatic hydroxyl groups excluding tert-OH is 2. The number of aliphatic carboxylic acids is 1. The van der Waals surface area contributed by atoms with E-state index in [0.717, 1.165) is 18.4 Å². The first-order valence-electron chi connectivity index (χ1n) is 9.86. The topological polar surface area (TPSA) is 140 Å². The fourth-order valence-electron chi connectivity index (χ4n) is 2.83. The number of thioether (sulfide) groups is 1. The molecule has 5 N–H and O–H groups in total. The Hall–Kier alpha value is -2.47. The van der Waals surface area contributed by atoms with Crippen LogP contribution in [0.15, 0.2) is 35.5 Å². The molecule has 0 fully saturated rings. The second kappa shape index (κ2) is 11.2. The van der Waals surface area contributed by atoms with E-state index in [1.165, 1.54) is 23.1 Å². The molecule has 2 aromatic heterocycles. The highest BCUT2D eigenvalue weighted by atomic mass is 32.2. The lowest BCUT2D eigenvalue weighted by Crippen LogP contribution is -2.33. The maximum atomic E-state index is 11.4. The summed E-state index contributed by atoms with van der Waals surface area (Å²) >= 11 is 2.69. The van der Waals surface area contributed by atoms with Gasteiger partial charge in [-0.25, -0.2) is 14.8 Å². The highest BCUT2D eigenvalue weighted by Gasteiger charge is 2.21. The van der Waals surface area contributed by atoms with E-state index in [-0.39, 0.29) is 12.6 Å². The highest BCUT2D eigenvalue weighted by molar-refractivity contribution is 7.98. The van der Waals surface area contributed by atoms with Crippen molar-refractivity contribution in [1.82, 2.24) is 15.0 Å². The number of aromatic nitrogens is 3. The lowest BCUT2D eigenvalue weighted by atomic mass is 10.2. The fourth-order valence-corrected chi connectivity index (χ4v) is 4.56. The van der Waals surface area contributed by atoms with E-state index < -0.39 is 18.6 Å². The number of carboxylic acids is 1. The van der Waals surface area contributed by atoms with Crippen LogP contribution in [0.4, 0.5) is 10.9 Å². The number of fused-ring (bicyclic) bond motifs is 1. The van der Waals surface area contributed by atoms with E-state index >= 15 is 0 Å². The van der Waals surface area contributed by atoms with Crippen molar-refractivity contribution in [3.63, 3.8) is 0 Å². The summed E-state index contributed by atoms with van der Waals surface area (Å²) < 4.78 is 0.583. The number of thiazole rings is 1. The molecule has 3 aromatic rings. The van der Waals surface area contributed by atoms with Gasteiger partial charge in [-0.05, 0) is 12.0 Å². The Morgan fingerprint density at radius 3 is 2.55 bits per heavy atom.